The molecule has 27 heavy (non-hydrogen) atoms. The molecule has 144 valence electrons. The molecule has 0 radical (unpaired) electrons. The molecule has 0 bridgehead atoms. The highest BCUT2D eigenvalue weighted by Crippen LogP contribution is 2.24. The van der Waals surface area contributed by atoms with Crippen LogP contribution in [0.5, 0.6) is 5.75 Å². The third-order valence-electron chi connectivity index (χ3n) is 5.28. The Bertz CT molecular complexity index is 735. The van der Waals surface area contributed by atoms with Crippen molar-refractivity contribution in [1.29, 1.82) is 0 Å². The molecule has 1 fully saturated rings. The van der Waals surface area contributed by atoms with E-state index in [1.54, 1.807) is 0 Å². The molecular weight excluding hydrogens is 334 g/mol. The Hall–Kier alpha value is -2.29. The van der Waals surface area contributed by atoms with Crippen LogP contribution in [0, 0.1) is 0 Å². The fourth-order valence-corrected chi connectivity index (χ4v) is 3.49. The topological polar surface area (TPSA) is 38.3 Å². The number of nitrogens with one attached hydrogen (secondary N) is 1. The number of benzene rings is 2. The molecule has 2 aromatic rings. The van der Waals surface area contributed by atoms with E-state index in [0.717, 1.165) is 29.7 Å². The highest BCUT2D eigenvalue weighted by molar-refractivity contribution is 5.94. The molecule has 3 rings (SSSR count). The lowest BCUT2D eigenvalue weighted by atomic mass is 9.87. The van der Waals surface area contributed by atoms with Crippen LogP contribution in [0.2, 0.25) is 0 Å². The average molecular weight is 366 g/mol. The maximum atomic E-state index is 12.4. The Morgan fingerprint density at radius 1 is 0.963 bits per heavy atom. The fraction of sp³-hybridized carbons (Fsp3) is 0.458. The second-order valence-corrected chi connectivity index (χ2v) is 8.57. The van der Waals surface area contributed by atoms with Crippen LogP contribution in [-0.4, -0.2) is 11.9 Å². The van der Waals surface area contributed by atoms with Crippen LogP contribution in [-0.2, 0) is 12.0 Å². The molecule has 3 nitrogen and oxygen atoms in total. The zero-order chi connectivity index (χ0) is 19.3. The molecule has 0 aromatic heterocycles. The van der Waals surface area contributed by atoms with Crippen LogP contribution in [0.4, 0.5) is 0 Å². The average Bonchev–Trinajstić information content (AvgIpc) is 2.67. The second kappa shape index (κ2) is 8.60. The van der Waals surface area contributed by atoms with Gasteiger partial charge in [-0.25, -0.2) is 0 Å². The summed E-state index contributed by atoms with van der Waals surface area (Å²) in [7, 11) is 0. The van der Waals surface area contributed by atoms with Crippen LogP contribution in [0.25, 0.3) is 0 Å². The van der Waals surface area contributed by atoms with Crippen molar-refractivity contribution < 1.29 is 9.53 Å². The molecule has 1 amide bonds. The maximum Gasteiger partial charge on any atom is 0.251 e. The number of carbonyl (C=O) groups excluding carboxylic acids is 1. The summed E-state index contributed by atoms with van der Waals surface area (Å²) in [5.74, 6) is 0.897. The van der Waals surface area contributed by atoms with Gasteiger partial charge in [-0.15, -0.1) is 0 Å². The first-order chi connectivity index (χ1) is 12.9. The SMILES string of the molecule is CC(C)(C)c1ccc(OCc2ccc(C(=O)NC3CCCCC3)cc2)cc1. The summed E-state index contributed by atoms with van der Waals surface area (Å²) in [4.78, 5) is 12.4. The van der Waals surface area contributed by atoms with Gasteiger partial charge in [-0.05, 0) is 53.6 Å². The maximum absolute atomic E-state index is 12.4. The molecule has 0 heterocycles. The van der Waals surface area contributed by atoms with Gasteiger partial charge in [0.2, 0.25) is 0 Å². The first-order valence-electron chi connectivity index (χ1n) is 10.0. The largest absolute Gasteiger partial charge is 0.489 e. The van der Waals surface area contributed by atoms with Crippen molar-refractivity contribution in [3.8, 4) is 5.75 Å². The van der Waals surface area contributed by atoms with Crippen molar-refractivity contribution in [3.63, 3.8) is 0 Å². The van der Waals surface area contributed by atoms with E-state index >= 15 is 0 Å². The molecule has 3 heteroatoms. The van der Waals surface area contributed by atoms with Gasteiger partial charge in [0.05, 0.1) is 0 Å². The molecule has 1 aliphatic carbocycles. The molecule has 1 saturated carbocycles. The van der Waals surface area contributed by atoms with Gasteiger partial charge in [-0.3, -0.25) is 4.79 Å². The summed E-state index contributed by atoms with van der Waals surface area (Å²) >= 11 is 0. The van der Waals surface area contributed by atoms with Crippen molar-refractivity contribution in [2.24, 2.45) is 0 Å². The van der Waals surface area contributed by atoms with Crippen molar-refractivity contribution >= 4 is 5.91 Å². The van der Waals surface area contributed by atoms with Crippen LogP contribution in [0.15, 0.2) is 48.5 Å². The number of ether oxygens (including phenoxy) is 1. The minimum absolute atomic E-state index is 0.0344. The fourth-order valence-electron chi connectivity index (χ4n) is 3.49. The van der Waals surface area contributed by atoms with Crippen LogP contribution in [0.1, 0.15) is 74.4 Å². The van der Waals surface area contributed by atoms with Gasteiger partial charge in [0, 0.05) is 11.6 Å². The predicted octanol–water partition coefficient (Wildman–Crippen LogP) is 5.63. The Labute approximate surface area is 163 Å². The molecule has 0 aliphatic heterocycles. The first-order valence-corrected chi connectivity index (χ1v) is 10.0. The standard InChI is InChI=1S/C24H31NO2/c1-24(2,3)20-13-15-22(16-14-20)27-17-18-9-11-19(12-10-18)23(26)25-21-7-5-4-6-8-21/h9-16,21H,4-8,17H2,1-3H3,(H,25,26). The second-order valence-electron chi connectivity index (χ2n) is 8.57. The molecule has 0 saturated heterocycles. The number of hydrogen-bond donors (Lipinski definition) is 1. The van der Waals surface area contributed by atoms with E-state index < -0.39 is 0 Å². The van der Waals surface area contributed by atoms with Crippen LogP contribution in [0.3, 0.4) is 0 Å². The van der Waals surface area contributed by atoms with E-state index in [1.807, 2.05) is 36.4 Å². The lowest BCUT2D eigenvalue weighted by Crippen LogP contribution is -2.36. The third kappa shape index (κ3) is 5.59. The molecule has 0 spiro atoms. The van der Waals surface area contributed by atoms with E-state index in [4.69, 9.17) is 4.74 Å². The quantitative estimate of drug-likeness (QED) is 0.746. The third-order valence-corrected chi connectivity index (χ3v) is 5.28. The minimum atomic E-state index is 0.0344. The molecule has 1 aliphatic rings. The summed E-state index contributed by atoms with van der Waals surface area (Å²) < 4.78 is 5.88. The van der Waals surface area contributed by atoms with Gasteiger partial charge in [-0.2, -0.15) is 0 Å². The number of amides is 1. The zero-order valence-corrected chi connectivity index (χ0v) is 16.8. The summed E-state index contributed by atoms with van der Waals surface area (Å²) in [6, 6.07) is 16.3. The summed E-state index contributed by atoms with van der Waals surface area (Å²) in [5, 5.41) is 3.16. The molecule has 1 N–H and O–H groups in total. The number of rotatable bonds is 5. The smallest absolute Gasteiger partial charge is 0.251 e. The highest BCUT2D eigenvalue weighted by atomic mass is 16.5. The Morgan fingerprint density at radius 3 is 2.19 bits per heavy atom. The van der Waals surface area contributed by atoms with E-state index in [2.05, 4.69) is 38.2 Å². The number of hydrogen-bond acceptors (Lipinski definition) is 2. The Morgan fingerprint density at radius 2 is 1.59 bits per heavy atom. The molecule has 0 atom stereocenters. The first kappa shape index (κ1) is 19.5. The summed E-state index contributed by atoms with van der Waals surface area (Å²) in [5.41, 5.74) is 3.22. The van der Waals surface area contributed by atoms with Gasteiger partial charge >= 0.3 is 0 Å². The van der Waals surface area contributed by atoms with Gasteiger partial charge in [0.25, 0.3) is 5.91 Å². The Kier molecular flexibility index (Phi) is 6.20. The van der Waals surface area contributed by atoms with Gasteiger partial charge < -0.3 is 10.1 Å². The molecule has 2 aromatic carbocycles. The van der Waals surface area contributed by atoms with Crippen molar-refractivity contribution in [3.05, 3.63) is 65.2 Å². The minimum Gasteiger partial charge on any atom is -0.489 e. The molecule has 0 unspecified atom stereocenters. The predicted molar refractivity (Wildman–Crippen MR) is 110 cm³/mol. The number of carbonyl (C=O) groups is 1. The van der Waals surface area contributed by atoms with E-state index in [9.17, 15) is 4.79 Å². The van der Waals surface area contributed by atoms with Crippen molar-refractivity contribution in [2.45, 2.75) is 70.9 Å². The highest BCUT2D eigenvalue weighted by Gasteiger charge is 2.16. The van der Waals surface area contributed by atoms with Gasteiger partial charge in [0.15, 0.2) is 0 Å². The lowest BCUT2D eigenvalue weighted by molar-refractivity contribution is 0.0927. The van der Waals surface area contributed by atoms with Crippen LogP contribution >= 0.6 is 0 Å². The van der Waals surface area contributed by atoms with Gasteiger partial charge in [0.1, 0.15) is 12.4 Å². The van der Waals surface area contributed by atoms with E-state index in [1.165, 1.54) is 24.8 Å². The lowest BCUT2D eigenvalue weighted by Gasteiger charge is -2.22. The monoisotopic (exact) mass is 365 g/mol. The van der Waals surface area contributed by atoms with E-state index in [-0.39, 0.29) is 11.3 Å². The normalized spacial score (nSPS) is 15.4. The van der Waals surface area contributed by atoms with Crippen molar-refractivity contribution in [2.75, 3.05) is 0 Å². The zero-order valence-electron chi connectivity index (χ0n) is 16.8. The summed E-state index contributed by atoms with van der Waals surface area (Å²) in [6.07, 6.45) is 5.94. The molecular formula is C24H31NO2. The Balaban J connectivity index is 1.52. The summed E-state index contributed by atoms with van der Waals surface area (Å²) in [6.45, 7) is 7.11. The van der Waals surface area contributed by atoms with Crippen LogP contribution < -0.4 is 10.1 Å². The van der Waals surface area contributed by atoms with E-state index in [0.29, 0.717) is 12.6 Å². The van der Waals surface area contributed by atoms with Gasteiger partial charge in [-0.1, -0.05) is 64.3 Å². The van der Waals surface area contributed by atoms with Crippen molar-refractivity contribution in [1.82, 2.24) is 5.32 Å².